The number of sulfonamides is 1. The van der Waals surface area contributed by atoms with E-state index in [9.17, 15) is 23.4 Å². The molecule has 1 heterocycles. The van der Waals surface area contributed by atoms with Crippen LogP contribution < -0.4 is 0 Å². The summed E-state index contributed by atoms with van der Waals surface area (Å²) in [5.74, 6) is -0.826. The third-order valence-electron chi connectivity index (χ3n) is 3.81. The number of benzene rings is 2. The zero-order chi connectivity index (χ0) is 21.2. The normalized spacial score (nSPS) is 17.3. The van der Waals surface area contributed by atoms with Gasteiger partial charge in [-0.05, 0) is 54.2 Å². The molecular weight excluding hydrogens is 436 g/mol. The molecule has 0 atom stereocenters. The van der Waals surface area contributed by atoms with E-state index in [0.717, 1.165) is 17.8 Å². The van der Waals surface area contributed by atoms with Crippen molar-refractivity contribution in [3.8, 4) is 11.5 Å². The van der Waals surface area contributed by atoms with Gasteiger partial charge in [-0.25, -0.2) is 0 Å². The van der Waals surface area contributed by atoms with Crippen LogP contribution in [0.4, 0.5) is 0 Å². The Hall–Kier alpha value is -2.75. The van der Waals surface area contributed by atoms with Crippen LogP contribution in [0.1, 0.15) is 5.56 Å². The highest BCUT2D eigenvalue weighted by Gasteiger charge is 2.34. The van der Waals surface area contributed by atoms with Crippen molar-refractivity contribution < 1.29 is 23.4 Å². The second-order valence-electron chi connectivity index (χ2n) is 5.86. The summed E-state index contributed by atoms with van der Waals surface area (Å²) in [5.41, 5.74) is 0.291. The Morgan fingerprint density at radius 2 is 1.86 bits per heavy atom. The Bertz CT molecular complexity index is 1140. The fourth-order valence-corrected chi connectivity index (χ4v) is 4.73. The van der Waals surface area contributed by atoms with Gasteiger partial charge in [0, 0.05) is 23.2 Å². The van der Waals surface area contributed by atoms with E-state index >= 15 is 0 Å². The van der Waals surface area contributed by atoms with Crippen LogP contribution in [-0.2, 0) is 14.8 Å². The van der Waals surface area contributed by atoms with Gasteiger partial charge in [0.1, 0.15) is 11.5 Å². The summed E-state index contributed by atoms with van der Waals surface area (Å²) in [6, 6.07) is 9.45. The molecule has 2 aromatic carbocycles. The molecule has 7 nitrogen and oxygen atoms in total. The minimum absolute atomic E-state index is 0.0330. The van der Waals surface area contributed by atoms with E-state index in [1.165, 1.54) is 53.5 Å². The molecule has 10 heteroatoms. The molecule has 0 aliphatic carbocycles. The van der Waals surface area contributed by atoms with Crippen molar-refractivity contribution in [1.29, 1.82) is 0 Å². The molecule has 0 bridgehead atoms. The van der Waals surface area contributed by atoms with Gasteiger partial charge in [0.2, 0.25) is 0 Å². The monoisotopic (exact) mass is 450 g/mol. The van der Waals surface area contributed by atoms with Gasteiger partial charge in [0.05, 0.1) is 9.80 Å². The first kappa shape index (κ1) is 21.0. The highest BCUT2D eigenvalue weighted by molar-refractivity contribution is 8.19. The van der Waals surface area contributed by atoms with Gasteiger partial charge in [-0.1, -0.05) is 17.7 Å². The van der Waals surface area contributed by atoms with Gasteiger partial charge >= 0.3 is 0 Å². The zero-order valence-electron chi connectivity index (χ0n) is 14.8. The van der Waals surface area contributed by atoms with Crippen LogP contribution in [0.2, 0.25) is 5.02 Å². The van der Waals surface area contributed by atoms with E-state index in [2.05, 4.69) is 11.0 Å². The highest BCUT2D eigenvalue weighted by Crippen LogP contribution is 2.35. The number of carbonyl (C=O) groups excluding carboxylic acids is 1. The third-order valence-corrected chi connectivity index (χ3v) is 6.47. The first-order valence-corrected chi connectivity index (χ1v) is 10.8. The van der Waals surface area contributed by atoms with Gasteiger partial charge in [-0.15, -0.1) is 11.0 Å². The molecule has 1 fully saturated rings. The minimum atomic E-state index is -4.07. The van der Waals surface area contributed by atoms with Crippen LogP contribution >= 0.6 is 23.4 Å². The molecule has 2 N–H and O–H groups in total. The molecular formula is C19H15ClN2O5S2. The summed E-state index contributed by atoms with van der Waals surface area (Å²) < 4.78 is 29.0. The van der Waals surface area contributed by atoms with Crippen LogP contribution in [-0.4, -0.2) is 41.2 Å². The number of carbonyl (C=O) groups is 1. The van der Waals surface area contributed by atoms with Crippen molar-refractivity contribution >= 4 is 50.5 Å². The summed E-state index contributed by atoms with van der Waals surface area (Å²) in [6.45, 7) is 3.64. The van der Waals surface area contributed by atoms with Crippen LogP contribution in [0, 0.1) is 0 Å². The number of amides is 1. The van der Waals surface area contributed by atoms with Crippen molar-refractivity contribution in [2.75, 3.05) is 6.54 Å². The van der Waals surface area contributed by atoms with Gasteiger partial charge in [-0.2, -0.15) is 8.42 Å². The Balaban J connectivity index is 2.01. The maximum atomic E-state index is 12.7. The van der Waals surface area contributed by atoms with Gasteiger partial charge < -0.3 is 10.2 Å². The van der Waals surface area contributed by atoms with Gasteiger partial charge in [0.15, 0.2) is 5.17 Å². The number of amidine groups is 1. The lowest BCUT2D eigenvalue weighted by Crippen LogP contribution is -2.29. The average Bonchev–Trinajstić information content (AvgIpc) is 2.93. The molecule has 1 amide bonds. The number of phenolic OH excluding ortho intramolecular Hbond substituents is 2. The number of hydrogen-bond acceptors (Lipinski definition) is 6. The van der Waals surface area contributed by atoms with Gasteiger partial charge in [0.25, 0.3) is 15.9 Å². The predicted molar refractivity (Wildman–Crippen MR) is 113 cm³/mol. The molecule has 1 saturated heterocycles. The number of aromatic hydroxyl groups is 2. The standard InChI is InChI=1S/C19H15ClN2O5S2/c1-2-9-22-18(25)17(10-12-3-6-14(23)11-16(12)24)28-19(22)21-29(26,27)15-7-4-13(20)5-8-15/h2-8,10-11,23-24H,1,9H2/b17-10-,21-19+. The Labute approximate surface area is 176 Å². The summed E-state index contributed by atoms with van der Waals surface area (Å²) >= 11 is 6.65. The highest BCUT2D eigenvalue weighted by atomic mass is 35.5. The number of thioether (sulfide) groups is 1. The SMILES string of the molecule is C=CCN1C(=O)/C(=C/c2ccc(O)cc2O)S/C1=N/S(=O)(=O)c1ccc(Cl)cc1. The Kier molecular flexibility index (Phi) is 6.02. The second-order valence-corrected chi connectivity index (χ2v) is 8.91. The first-order chi connectivity index (χ1) is 13.7. The third kappa shape index (κ3) is 4.64. The van der Waals surface area contributed by atoms with E-state index in [1.54, 1.807) is 0 Å². The average molecular weight is 451 g/mol. The number of nitrogens with zero attached hydrogens (tertiary/aromatic N) is 2. The lowest BCUT2D eigenvalue weighted by atomic mass is 10.1. The Morgan fingerprint density at radius 3 is 2.48 bits per heavy atom. The Morgan fingerprint density at radius 1 is 1.17 bits per heavy atom. The first-order valence-electron chi connectivity index (χ1n) is 8.16. The van der Waals surface area contributed by atoms with Crippen LogP contribution in [0.3, 0.4) is 0 Å². The maximum absolute atomic E-state index is 12.7. The second kappa shape index (κ2) is 8.32. The summed E-state index contributed by atoms with van der Waals surface area (Å²) in [4.78, 5) is 14.0. The number of phenols is 2. The molecule has 1 aliphatic heterocycles. The van der Waals surface area contributed by atoms with Crippen molar-refractivity contribution in [2.24, 2.45) is 4.40 Å². The number of hydrogen-bond donors (Lipinski definition) is 2. The molecule has 3 rings (SSSR count). The molecule has 2 aromatic rings. The smallest absolute Gasteiger partial charge is 0.284 e. The quantitative estimate of drug-likeness (QED) is 0.532. The van der Waals surface area contributed by atoms with Crippen molar-refractivity contribution in [2.45, 2.75) is 4.90 Å². The van der Waals surface area contributed by atoms with E-state index in [0.29, 0.717) is 10.6 Å². The summed E-state index contributed by atoms with van der Waals surface area (Å²) in [7, 11) is -4.07. The van der Waals surface area contributed by atoms with Crippen LogP contribution in [0.25, 0.3) is 6.08 Å². The van der Waals surface area contributed by atoms with Crippen molar-refractivity contribution in [3.05, 3.63) is 70.6 Å². The topological polar surface area (TPSA) is 107 Å². The zero-order valence-corrected chi connectivity index (χ0v) is 17.2. The minimum Gasteiger partial charge on any atom is -0.508 e. The van der Waals surface area contributed by atoms with E-state index < -0.39 is 15.9 Å². The van der Waals surface area contributed by atoms with Crippen LogP contribution in [0.5, 0.6) is 11.5 Å². The van der Waals surface area contributed by atoms with Crippen molar-refractivity contribution in [1.82, 2.24) is 4.90 Å². The number of halogens is 1. The molecule has 29 heavy (non-hydrogen) atoms. The molecule has 150 valence electrons. The molecule has 0 unspecified atom stereocenters. The fraction of sp³-hybridized carbons (Fsp3) is 0.0526. The predicted octanol–water partition coefficient (Wildman–Crippen LogP) is 3.60. The van der Waals surface area contributed by atoms with Crippen molar-refractivity contribution in [3.63, 3.8) is 0 Å². The van der Waals surface area contributed by atoms with Crippen LogP contribution in [0.15, 0.2) is 69.3 Å². The molecule has 0 aromatic heterocycles. The van der Waals surface area contributed by atoms with Gasteiger partial charge in [-0.3, -0.25) is 9.69 Å². The largest absolute Gasteiger partial charge is 0.508 e. The molecule has 0 radical (unpaired) electrons. The fourth-order valence-electron chi connectivity index (χ4n) is 2.42. The molecule has 0 saturated carbocycles. The summed E-state index contributed by atoms with van der Waals surface area (Å²) in [5, 5.41) is 19.7. The van der Waals surface area contributed by atoms with E-state index in [1.807, 2.05) is 0 Å². The lowest BCUT2D eigenvalue weighted by molar-refractivity contribution is -0.121. The molecule has 0 spiro atoms. The molecule has 1 aliphatic rings. The number of rotatable bonds is 5. The van der Waals surface area contributed by atoms with E-state index in [-0.39, 0.29) is 33.0 Å². The maximum Gasteiger partial charge on any atom is 0.284 e. The summed E-state index contributed by atoms with van der Waals surface area (Å²) in [6.07, 6.45) is 2.85. The van der Waals surface area contributed by atoms with E-state index in [4.69, 9.17) is 11.6 Å². The lowest BCUT2D eigenvalue weighted by Gasteiger charge is -2.12.